The van der Waals surface area contributed by atoms with Gasteiger partial charge in [0.15, 0.2) is 0 Å². The summed E-state index contributed by atoms with van der Waals surface area (Å²) in [4.78, 5) is 0. The van der Waals surface area contributed by atoms with Gasteiger partial charge in [0.05, 0.1) is 6.61 Å². The number of alkyl halides is 2. The lowest BCUT2D eigenvalue weighted by molar-refractivity contribution is -0.256. The first-order valence-corrected chi connectivity index (χ1v) is 8.18. The van der Waals surface area contributed by atoms with Crippen LogP contribution in [-0.4, -0.2) is 6.11 Å². The van der Waals surface area contributed by atoms with Gasteiger partial charge in [0.2, 0.25) is 0 Å². The van der Waals surface area contributed by atoms with Gasteiger partial charge < -0.3 is 4.74 Å². The summed E-state index contributed by atoms with van der Waals surface area (Å²) in [5.74, 6) is 0.651. The second kappa shape index (κ2) is 7.87. The molecule has 0 unspecified atom stereocenters. The van der Waals surface area contributed by atoms with E-state index in [0.717, 1.165) is 36.8 Å². The first kappa shape index (κ1) is 17.1. The Balaban J connectivity index is 1.77. The lowest BCUT2D eigenvalue weighted by atomic mass is 9.80. The van der Waals surface area contributed by atoms with Crippen LogP contribution in [0.3, 0.4) is 0 Å². The highest BCUT2D eigenvalue weighted by atomic mass is 19.3. The van der Waals surface area contributed by atoms with Crippen molar-refractivity contribution in [2.45, 2.75) is 58.7 Å². The van der Waals surface area contributed by atoms with Crippen molar-refractivity contribution in [3.63, 3.8) is 0 Å². The van der Waals surface area contributed by atoms with E-state index < -0.39 is 6.11 Å². The van der Waals surface area contributed by atoms with Crippen molar-refractivity contribution in [2.75, 3.05) is 0 Å². The van der Waals surface area contributed by atoms with Crippen molar-refractivity contribution >= 4 is 0 Å². The zero-order chi connectivity index (χ0) is 16.0. The van der Waals surface area contributed by atoms with Crippen LogP contribution >= 0.6 is 0 Å². The summed E-state index contributed by atoms with van der Waals surface area (Å²) in [5.41, 5.74) is 1.91. The molecular formula is C19H26F2O. The van der Waals surface area contributed by atoms with E-state index in [-0.39, 0.29) is 18.9 Å². The highest BCUT2D eigenvalue weighted by molar-refractivity contribution is 5.20. The van der Waals surface area contributed by atoms with Gasteiger partial charge in [-0.05, 0) is 56.9 Å². The van der Waals surface area contributed by atoms with Crippen LogP contribution in [-0.2, 0) is 11.3 Å². The van der Waals surface area contributed by atoms with Crippen LogP contribution in [0.2, 0.25) is 0 Å². The molecule has 1 fully saturated rings. The Bertz CT molecular complexity index is 471. The molecule has 2 rings (SSSR count). The fourth-order valence-electron chi connectivity index (χ4n) is 3.13. The van der Waals surface area contributed by atoms with E-state index in [1.807, 2.05) is 38.1 Å². The highest BCUT2D eigenvalue weighted by Crippen LogP contribution is 2.37. The quantitative estimate of drug-likeness (QED) is 0.596. The molecule has 1 aromatic rings. The maximum atomic E-state index is 14.0. The van der Waals surface area contributed by atoms with Gasteiger partial charge in [-0.3, -0.25) is 0 Å². The average molecular weight is 308 g/mol. The Morgan fingerprint density at radius 3 is 2.36 bits per heavy atom. The third kappa shape index (κ3) is 5.53. The lowest BCUT2D eigenvalue weighted by Gasteiger charge is -2.29. The van der Waals surface area contributed by atoms with Crippen LogP contribution in [0.15, 0.2) is 36.4 Å². The van der Waals surface area contributed by atoms with E-state index in [1.165, 1.54) is 0 Å². The van der Waals surface area contributed by atoms with Gasteiger partial charge in [0.1, 0.15) is 0 Å². The normalized spacial score (nSPS) is 23.1. The number of ether oxygens (including phenoxy) is 1. The van der Waals surface area contributed by atoms with E-state index >= 15 is 0 Å². The summed E-state index contributed by atoms with van der Waals surface area (Å²) >= 11 is 0. The summed E-state index contributed by atoms with van der Waals surface area (Å²) in [7, 11) is 0. The average Bonchev–Trinajstić information content (AvgIpc) is 2.49. The molecule has 0 atom stereocenters. The molecular weight excluding hydrogens is 282 g/mol. The van der Waals surface area contributed by atoms with Crippen LogP contribution in [0.5, 0.6) is 0 Å². The van der Waals surface area contributed by atoms with Gasteiger partial charge in [-0.2, -0.15) is 8.78 Å². The van der Waals surface area contributed by atoms with Crippen LogP contribution < -0.4 is 0 Å². The van der Waals surface area contributed by atoms with Gasteiger partial charge in [-0.1, -0.05) is 42.0 Å². The second-order valence-electron chi connectivity index (χ2n) is 6.42. The van der Waals surface area contributed by atoms with Crippen LogP contribution in [0.4, 0.5) is 8.78 Å². The van der Waals surface area contributed by atoms with E-state index in [0.29, 0.717) is 5.92 Å². The fourth-order valence-corrected chi connectivity index (χ4v) is 3.13. The minimum Gasteiger partial charge on any atom is -0.316 e. The lowest BCUT2D eigenvalue weighted by Crippen LogP contribution is -2.26. The van der Waals surface area contributed by atoms with Gasteiger partial charge in [-0.25, -0.2) is 0 Å². The molecule has 0 heterocycles. The van der Waals surface area contributed by atoms with E-state index in [2.05, 4.69) is 12.2 Å². The number of aryl methyl sites for hydroxylation is 1. The Kier molecular flexibility index (Phi) is 6.13. The Morgan fingerprint density at radius 2 is 1.77 bits per heavy atom. The SMILES string of the molecule is CC=CC1CCC(CC(F)(F)OCc2ccc(C)cc2)CC1. The molecule has 22 heavy (non-hydrogen) atoms. The fraction of sp³-hybridized carbons (Fsp3) is 0.579. The van der Waals surface area contributed by atoms with Crippen LogP contribution in [0.25, 0.3) is 0 Å². The summed E-state index contributed by atoms with van der Waals surface area (Å²) in [6, 6.07) is 7.51. The Morgan fingerprint density at radius 1 is 1.14 bits per heavy atom. The minimum atomic E-state index is -3.02. The molecule has 0 amide bonds. The smallest absolute Gasteiger partial charge is 0.316 e. The molecule has 1 aromatic carbocycles. The van der Waals surface area contributed by atoms with E-state index in [1.54, 1.807) is 0 Å². The molecule has 0 saturated heterocycles. The largest absolute Gasteiger partial charge is 0.356 e. The minimum absolute atomic E-state index is 0.0266. The number of rotatable bonds is 6. The predicted octanol–water partition coefficient (Wildman–Crippen LogP) is 5.88. The molecule has 0 radical (unpaired) electrons. The zero-order valence-corrected chi connectivity index (χ0v) is 13.5. The zero-order valence-electron chi connectivity index (χ0n) is 13.5. The van der Waals surface area contributed by atoms with Crippen molar-refractivity contribution in [3.8, 4) is 0 Å². The maximum absolute atomic E-state index is 14.0. The van der Waals surface area contributed by atoms with Crippen molar-refractivity contribution in [3.05, 3.63) is 47.5 Å². The molecule has 0 aliphatic heterocycles. The number of hydrogen-bond acceptors (Lipinski definition) is 1. The second-order valence-corrected chi connectivity index (χ2v) is 6.42. The molecule has 122 valence electrons. The highest BCUT2D eigenvalue weighted by Gasteiger charge is 2.35. The molecule has 0 N–H and O–H groups in total. The van der Waals surface area contributed by atoms with Gasteiger partial charge >= 0.3 is 6.11 Å². The summed E-state index contributed by atoms with van der Waals surface area (Å²) < 4.78 is 32.8. The third-order valence-electron chi connectivity index (χ3n) is 4.45. The predicted molar refractivity (Wildman–Crippen MR) is 85.8 cm³/mol. The summed E-state index contributed by atoms with van der Waals surface area (Å²) in [6.07, 6.45) is 4.86. The van der Waals surface area contributed by atoms with Crippen molar-refractivity contribution in [1.29, 1.82) is 0 Å². The topological polar surface area (TPSA) is 9.23 Å². The molecule has 0 spiro atoms. The molecule has 0 bridgehead atoms. The maximum Gasteiger partial charge on any atom is 0.356 e. The number of benzene rings is 1. The van der Waals surface area contributed by atoms with Gasteiger partial charge in [0.25, 0.3) is 0 Å². The van der Waals surface area contributed by atoms with Crippen molar-refractivity contribution in [1.82, 2.24) is 0 Å². The van der Waals surface area contributed by atoms with Crippen LogP contribution in [0, 0.1) is 18.8 Å². The Labute approximate surface area is 132 Å². The molecule has 1 nitrogen and oxygen atoms in total. The number of hydrogen-bond donors (Lipinski definition) is 0. The van der Waals surface area contributed by atoms with Gasteiger partial charge in [-0.15, -0.1) is 0 Å². The van der Waals surface area contributed by atoms with Gasteiger partial charge in [0, 0.05) is 6.42 Å². The first-order chi connectivity index (χ1) is 10.5. The molecule has 3 heteroatoms. The monoisotopic (exact) mass is 308 g/mol. The third-order valence-corrected chi connectivity index (χ3v) is 4.45. The van der Waals surface area contributed by atoms with Crippen molar-refractivity contribution in [2.24, 2.45) is 11.8 Å². The number of halogens is 2. The molecule has 0 aromatic heterocycles. The standard InChI is InChI=1S/C19H26F2O/c1-3-4-16-9-11-17(12-10-16)13-19(20,21)22-14-18-7-5-15(2)6-8-18/h3-8,16-17H,9-14H2,1-2H3. The molecule has 1 saturated carbocycles. The molecule has 1 aliphatic carbocycles. The van der Waals surface area contributed by atoms with Crippen molar-refractivity contribution < 1.29 is 13.5 Å². The first-order valence-electron chi connectivity index (χ1n) is 8.18. The molecule has 1 aliphatic rings. The summed E-state index contributed by atoms with van der Waals surface area (Å²) in [5, 5.41) is 0. The van der Waals surface area contributed by atoms with E-state index in [9.17, 15) is 8.78 Å². The number of allylic oxidation sites excluding steroid dienone is 2. The Hall–Kier alpha value is -1.22. The van der Waals surface area contributed by atoms with Crippen LogP contribution in [0.1, 0.15) is 50.2 Å². The van der Waals surface area contributed by atoms with E-state index in [4.69, 9.17) is 4.74 Å². The summed E-state index contributed by atoms with van der Waals surface area (Å²) in [6.45, 7) is 3.96.